The Morgan fingerprint density at radius 1 is 1.33 bits per heavy atom. The first-order valence-corrected chi connectivity index (χ1v) is 10.9. The molecule has 1 N–H and O–H groups in total. The lowest BCUT2D eigenvalue weighted by atomic mass is 9.97. The van der Waals surface area contributed by atoms with Gasteiger partial charge in [0.25, 0.3) is 5.69 Å². The number of aromatic nitrogens is 1. The summed E-state index contributed by atoms with van der Waals surface area (Å²) in [6.07, 6.45) is 1.84. The Labute approximate surface area is 182 Å². The Bertz CT molecular complexity index is 1110. The molecule has 1 aromatic heterocycles. The van der Waals surface area contributed by atoms with E-state index in [0.29, 0.717) is 16.5 Å². The zero-order valence-electron chi connectivity index (χ0n) is 16.4. The number of thiazole rings is 1. The summed E-state index contributed by atoms with van der Waals surface area (Å²) in [5.41, 5.74) is 1.80. The summed E-state index contributed by atoms with van der Waals surface area (Å²) in [7, 11) is 0. The van der Waals surface area contributed by atoms with Crippen LogP contribution < -0.4 is 5.32 Å². The molecule has 1 amide bonds. The number of para-hydroxylation sites is 1. The molecule has 156 valence electrons. The molecule has 3 aromatic rings. The smallest absolute Gasteiger partial charge is 0.293 e. The lowest BCUT2D eigenvalue weighted by Gasteiger charge is -2.30. The zero-order valence-corrected chi connectivity index (χ0v) is 18.0. The van der Waals surface area contributed by atoms with Crippen molar-refractivity contribution in [2.45, 2.75) is 25.7 Å². The monoisotopic (exact) mass is 444 g/mol. The molecule has 1 aliphatic rings. The average Bonchev–Trinajstić information content (AvgIpc) is 3.13. The number of nitro benzene ring substituents is 1. The van der Waals surface area contributed by atoms with E-state index in [2.05, 4.69) is 10.2 Å². The largest absolute Gasteiger partial charge is 0.319 e. The van der Waals surface area contributed by atoms with E-state index in [0.717, 1.165) is 41.2 Å². The highest BCUT2D eigenvalue weighted by Gasteiger charge is 2.25. The normalized spacial score (nSPS) is 15.4. The number of carbonyl (C=O) groups excluding carboxylic acids is 1. The molecule has 0 atom stereocenters. The number of nitrogens with zero attached hydrogens (tertiary/aromatic N) is 3. The third kappa shape index (κ3) is 4.45. The molecule has 1 fully saturated rings. The number of amides is 1. The molecule has 0 spiro atoms. The van der Waals surface area contributed by atoms with E-state index >= 15 is 0 Å². The van der Waals surface area contributed by atoms with Gasteiger partial charge >= 0.3 is 0 Å². The quantitative estimate of drug-likeness (QED) is 0.442. The van der Waals surface area contributed by atoms with E-state index in [1.807, 2.05) is 18.2 Å². The topological polar surface area (TPSA) is 88.4 Å². The Balaban J connectivity index is 1.36. The minimum atomic E-state index is -0.473. The van der Waals surface area contributed by atoms with Gasteiger partial charge in [-0.1, -0.05) is 23.7 Å². The fraction of sp³-hybridized carbons (Fsp3) is 0.333. The third-order valence-corrected chi connectivity index (χ3v) is 6.82. The second-order valence-corrected chi connectivity index (χ2v) is 8.99. The van der Waals surface area contributed by atoms with E-state index in [9.17, 15) is 14.9 Å². The molecule has 0 bridgehead atoms. The number of nitro groups is 1. The van der Waals surface area contributed by atoms with Crippen molar-refractivity contribution < 1.29 is 9.72 Å². The minimum Gasteiger partial charge on any atom is -0.319 e. The minimum absolute atomic E-state index is 0.0852. The van der Waals surface area contributed by atoms with Crippen LogP contribution in [0.1, 0.15) is 29.3 Å². The second kappa shape index (κ2) is 8.67. The maximum Gasteiger partial charge on any atom is 0.293 e. The van der Waals surface area contributed by atoms with Gasteiger partial charge in [-0.3, -0.25) is 19.8 Å². The van der Waals surface area contributed by atoms with Crippen molar-refractivity contribution in [2.24, 2.45) is 0 Å². The van der Waals surface area contributed by atoms with Crippen LogP contribution in [0.3, 0.4) is 0 Å². The number of rotatable bonds is 5. The van der Waals surface area contributed by atoms with E-state index in [-0.39, 0.29) is 23.8 Å². The number of anilines is 1. The predicted molar refractivity (Wildman–Crippen MR) is 120 cm³/mol. The summed E-state index contributed by atoms with van der Waals surface area (Å²) in [6.45, 7) is 3.53. The van der Waals surface area contributed by atoms with Crippen LogP contribution in [0.15, 0.2) is 36.4 Å². The van der Waals surface area contributed by atoms with Gasteiger partial charge < -0.3 is 5.32 Å². The molecule has 1 aliphatic heterocycles. The number of benzene rings is 2. The highest BCUT2D eigenvalue weighted by molar-refractivity contribution is 7.18. The Morgan fingerprint density at radius 2 is 2.10 bits per heavy atom. The van der Waals surface area contributed by atoms with E-state index < -0.39 is 4.92 Å². The number of hydrogen-bond acceptors (Lipinski definition) is 6. The van der Waals surface area contributed by atoms with E-state index in [1.165, 1.54) is 6.07 Å². The SMILES string of the molecule is Cc1cccc([N+](=O)[O-])c1NC(=O)CN1CCC(c2nc3cc(Cl)ccc3s2)CC1. The van der Waals surface area contributed by atoms with Gasteiger partial charge in [0, 0.05) is 17.0 Å². The molecule has 0 saturated carbocycles. The van der Waals surface area contributed by atoms with Gasteiger partial charge in [-0.15, -0.1) is 11.3 Å². The Morgan fingerprint density at radius 3 is 2.83 bits per heavy atom. The maximum atomic E-state index is 12.5. The van der Waals surface area contributed by atoms with Gasteiger partial charge in [-0.05, 0) is 56.6 Å². The first-order valence-electron chi connectivity index (χ1n) is 9.73. The molecule has 0 radical (unpaired) electrons. The van der Waals surface area contributed by atoms with Crippen molar-refractivity contribution in [3.05, 3.63) is 62.1 Å². The van der Waals surface area contributed by atoms with Gasteiger partial charge in [0.2, 0.25) is 5.91 Å². The number of fused-ring (bicyclic) bond motifs is 1. The summed E-state index contributed by atoms with van der Waals surface area (Å²) in [5.74, 6) is 0.137. The second-order valence-electron chi connectivity index (χ2n) is 7.49. The highest BCUT2D eigenvalue weighted by Crippen LogP contribution is 2.34. The lowest BCUT2D eigenvalue weighted by molar-refractivity contribution is -0.384. The summed E-state index contributed by atoms with van der Waals surface area (Å²) in [5, 5.41) is 15.8. The molecule has 4 rings (SSSR count). The standard InChI is InChI=1S/C21H21ClN4O3S/c1-13-3-2-4-17(26(28)29)20(13)24-19(27)12-25-9-7-14(8-10-25)21-23-16-11-15(22)5-6-18(16)30-21/h2-6,11,14H,7-10,12H2,1H3,(H,24,27). The van der Waals surface area contributed by atoms with Crippen LogP contribution in [0.5, 0.6) is 0 Å². The van der Waals surface area contributed by atoms with Gasteiger partial charge in [-0.25, -0.2) is 4.98 Å². The number of nitrogens with one attached hydrogen (secondary N) is 1. The molecule has 30 heavy (non-hydrogen) atoms. The molecular weight excluding hydrogens is 424 g/mol. The van der Waals surface area contributed by atoms with Crippen molar-refractivity contribution in [2.75, 3.05) is 25.0 Å². The Hall–Kier alpha value is -2.55. The molecule has 1 saturated heterocycles. The first-order chi connectivity index (χ1) is 14.4. The lowest BCUT2D eigenvalue weighted by Crippen LogP contribution is -2.38. The number of aryl methyl sites for hydroxylation is 1. The van der Waals surface area contributed by atoms with Crippen molar-refractivity contribution in [3.63, 3.8) is 0 Å². The molecule has 0 aliphatic carbocycles. The summed E-state index contributed by atoms with van der Waals surface area (Å²) in [4.78, 5) is 30.1. The van der Waals surface area contributed by atoms with Gasteiger partial charge in [0.15, 0.2) is 0 Å². The van der Waals surface area contributed by atoms with Crippen LogP contribution in [0.25, 0.3) is 10.2 Å². The Kier molecular flexibility index (Phi) is 5.99. The van der Waals surface area contributed by atoms with Crippen molar-refractivity contribution in [1.29, 1.82) is 0 Å². The summed E-state index contributed by atoms with van der Waals surface area (Å²) in [6, 6.07) is 10.5. The molecule has 9 heteroatoms. The van der Waals surface area contributed by atoms with Crippen LogP contribution in [-0.4, -0.2) is 40.3 Å². The van der Waals surface area contributed by atoms with Crippen LogP contribution >= 0.6 is 22.9 Å². The van der Waals surface area contributed by atoms with Gasteiger partial charge in [0.05, 0.1) is 26.7 Å². The van der Waals surface area contributed by atoms with E-state index in [1.54, 1.807) is 30.4 Å². The number of piperidine rings is 1. The van der Waals surface area contributed by atoms with Gasteiger partial charge in [0.1, 0.15) is 5.69 Å². The molecular formula is C21H21ClN4O3S. The summed E-state index contributed by atoms with van der Waals surface area (Å²) < 4.78 is 1.14. The molecule has 0 unspecified atom stereocenters. The first kappa shape index (κ1) is 20.7. The maximum absolute atomic E-state index is 12.5. The molecule has 2 aromatic carbocycles. The van der Waals surface area contributed by atoms with Crippen molar-refractivity contribution >= 4 is 50.4 Å². The van der Waals surface area contributed by atoms with Crippen molar-refractivity contribution in [3.8, 4) is 0 Å². The third-order valence-electron chi connectivity index (χ3n) is 5.38. The fourth-order valence-corrected chi connectivity index (χ4v) is 5.06. The van der Waals surface area contributed by atoms with Crippen LogP contribution in [-0.2, 0) is 4.79 Å². The van der Waals surface area contributed by atoms with E-state index in [4.69, 9.17) is 16.6 Å². The number of likely N-dealkylation sites (tertiary alicyclic amines) is 1. The number of carbonyl (C=O) groups is 1. The molecule has 2 heterocycles. The fourth-order valence-electron chi connectivity index (χ4n) is 3.78. The average molecular weight is 445 g/mol. The van der Waals surface area contributed by atoms with Crippen LogP contribution in [0.4, 0.5) is 11.4 Å². The predicted octanol–water partition coefficient (Wildman–Crippen LogP) is 4.98. The van der Waals surface area contributed by atoms with Crippen LogP contribution in [0, 0.1) is 17.0 Å². The summed E-state index contributed by atoms with van der Waals surface area (Å²) >= 11 is 7.76. The zero-order chi connectivity index (χ0) is 21.3. The van der Waals surface area contributed by atoms with Crippen molar-refractivity contribution in [1.82, 2.24) is 9.88 Å². The highest BCUT2D eigenvalue weighted by atomic mass is 35.5. The van der Waals surface area contributed by atoms with Gasteiger partial charge in [-0.2, -0.15) is 0 Å². The number of halogens is 1. The molecule has 7 nitrogen and oxygen atoms in total. The van der Waals surface area contributed by atoms with Crippen LogP contribution in [0.2, 0.25) is 5.02 Å². The number of hydrogen-bond donors (Lipinski definition) is 1.